The van der Waals surface area contributed by atoms with Gasteiger partial charge >= 0.3 is 0 Å². The molecule has 1 saturated heterocycles. The summed E-state index contributed by atoms with van der Waals surface area (Å²) in [6.45, 7) is 10.7. The van der Waals surface area contributed by atoms with E-state index >= 15 is 0 Å². The molecule has 1 aromatic rings. The van der Waals surface area contributed by atoms with Crippen molar-refractivity contribution in [1.82, 2.24) is 5.32 Å². The minimum Gasteiger partial charge on any atom is -0.388 e. The zero-order chi connectivity index (χ0) is 15.7. The third kappa shape index (κ3) is 4.29. The Kier molecular flexibility index (Phi) is 4.76. The number of hydrogen-bond acceptors (Lipinski definition) is 3. The van der Waals surface area contributed by atoms with Gasteiger partial charge in [0.05, 0.1) is 17.3 Å². The smallest absolute Gasteiger partial charge is 0.0804 e. The van der Waals surface area contributed by atoms with Crippen LogP contribution in [-0.2, 0) is 4.74 Å². The molecule has 2 rings (SSSR count). The summed E-state index contributed by atoms with van der Waals surface area (Å²) in [5.41, 5.74) is 0.724. The summed E-state index contributed by atoms with van der Waals surface area (Å²) in [7, 11) is 0. The summed E-state index contributed by atoms with van der Waals surface area (Å²) in [6, 6.07) is 10.4. The minimum atomic E-state index is -0.424. The Bertz CT molecular complexity index is 456. The van der Waals surface area contributed by atoms with E-state index in [1.807, 2.05) is 30.3 Å². The molecule has 0 bridgehead atoms. The van der Waals surface area contributed by atoms with Crippen molar-refractivity contribution in [3.8, 4) is 0 Å². The molecule has 3 atom stereocenters. The van der Waals surface area contributed by atoms with E-state index < -0.39 is 6.10 Å². The third-order valence-corrected chi connectivity index (χ3v) is 4.32. The highest BCUT2D eigenvalue weighted by atomic mass is 16.5. The molecule has 2 N–H and O–H groups in total. The van der Waals surface area contributed by atoms with Gasteiger partial charge in [-0.1, -0.05) is 30.3 Å². The van der Waals surface area contributed by atoms with Gasteiger partial charge in [0.25, 0.3) is 0 Å². The van der Waals surface area contributed by atoms with Crippen LogP contribution in [0.25, 0.3) is 0 Å². The van der Waals surface area contributed by atoms with Crippen molar-refractivity contribution in [3.63, 3.8) is 0 Å². The minimum absolute atomic E-state index is 0.0844. The van der Waals surface area contributed by atoms with Crippen molar-refractivity contribution in [2.75, 3.05) is 0 Å². The molecule has 118 valence electrons. The van der Waals surface area contributed by atoms with Crippen molar-refractivity contribution < 1.29 is 9.84 Å². The van der Waals surface area contributed by atoms with Gasteiger partial charge in [-0.05, 0) is 53.0 Å². The van der Waals surface area contributed by atoms with E-state index in [0.717, 1.165) is 12.0 Å². The van der Waals surface area contributed by atoms with E-state index in [1.54, 1.807) is 0 Å². The van der Waals surface area contributed by atoms with Gasteiger partial charge in [-0.2, -0.15) is 0 Å². The standard InChI is InChI=1S/C18H29NO2/c1-13(11-15(20)14-9-7-6-8-10-14)19-16-12-17(2,3)21-18(16,4)5/h6-10,13,15-16,19-20H,11-12H2,1-5H3. The first-order chi connectivity index (χ1) is 9.70. The van der Waals surface area contributed by atoms with Crippen LogP contribution in [0, 0.1) is 0 Å². The number of rotatable bonds is 5. The molecule has 0 aliphatic carbocycles. The SMILES string of the molecule is CC(CC(O)c1ccccc1)NC1CC(C)(C)OC1(C)C. The predicted octanol–water partition coefficient (Wildman–Crippen LogP) is 3.43. The summed E-state index contributed by atoms with van der Waals surface area (Å²) < 4.78 is 6.11. The normalized spacial score (nSPS) is 26.5. The van der Waals surface area contributed by atoms with Crippen molar-refractivity contribution in [3.05, 3.63) is 35.9 Å². The molecule has 0 saturated carbocycles. The summed E-state index contributed by atoms with van der Waals surface area (Å²) in [6.07, 6.45) is 1.27. The fourth-order valence-electron chi connectivity index (χ4n) is 3.38. The second-order valence-electron chi connectivity index (χ2n) is 7.45. The molecule has 0 aromatic heterocycles. The first-order valence-corrected chi connectivity index (χ1v) is 7.89. The molecule has 3 unspecified atom stereocenters. The topological polar surface area (TPSA) is 41.5 Å². The Morgan fingerprint density at radius 2 is 1.86 bits per heavy atom. The molecule has 1 fully saturated rings. The summed E-state index contributed by atoms with van der Waals surface area (Å²) in [5.74, 6) is 0. The molecular weight excluding hydrogens is 262 g/mol. The second-order valence-corrected chi connectivity index (χ2v) is 7.45. The molecule has 1 aliphatic heterocycles. The molecule has 1 aromatic carbocycles. The molecule has 3 nitrogen and oxygen atoms in total. The van der Waals surface area contributed by atoms with Gasteiger partial charge in [0.2, 0.25) is 0 Å². The van der Waals surface area contributed by atoms with Gasteiger partial charge in [0, 0.05) is 12.1 Å². The average Bonchev–Trinajstić information content (AvgIpc) is 2.57. The number of nitrogens with one attached hydrogen (secondary N) is 1. The molecule has 0 amide bonds. The quantitative estimate of drug-likeness (QED) is 0.873. The monoisotopic (exact) mass is 291 g/mol. The Labute approximate surface area is 128 Å². The average molecular weight is 291 g/mol. The number of aliphatic hydroxyl groups excluding tert-OH is 1. The summed E-state index contributed by atoms with van der Waals surface area (Å²) >= 11 is 0. The molecule has 0 spiro atoms. The van der Waals surface area contributed by atoms with E-state index in [2.05, 4.69) is 39.9 Å². The number of hydrogen-bond donors (Lipinski definition) is 2. The van der Waals surface area contributed by atoms with Crippen molar-refractivity contribution >= 4 is 0 Å². The maximum absolute atomic E-state index is 10.3. The molecule has 21 heavy (non-hydrogen) atoms. The zero-order valence-corrected chi connectivity index (χ0v) is 13.9. The lowest BCUT2D eigenvalue weighted by atomic mass is 9.93. The van der Waals surface area contributed by atoms with Crippen LogP contribution in [0.4, 0.5) is 0 Å². The Balaban J connectivity index is 1.92. The molecule has 1 heterocycles. The molecule has 3 heteroatoms. The van der Waals surface area contributed by atoms with Crippen LogP contribution >= 0.6 is 0 Å². The fourth-order valence-corrected chi connectivity index (χ4v) is 3.38. The van der Waals surface area contributed by atoms with Crippen LogP contribution in [0.15, 0.2) is 30.3 Å². The van der Waals surface area contributed by atoms with Gasteiger partial charge in [-0.15, -0.1) is 0 Å². The van der Waals surface area contributed by atoms with Gasteiger partial charge < -0.3 is 15.2 Å². The Morgan fingerprint density at radius 1 is 1.24 bits per heavy atom. The second kappa shape index (κ2) is 6.07. The Hall–Kier alpha value is -0.900. The maximum Gasteiger partial charge on any atom is 0.0804 e. The van der Waals surface area contributed by atoms with Crippen LogP contribution < -0.4 is 5.32 Å². The number of ether oxygens (including phenoxy) is 1. The van der Waals surface area contributed by atoms with Crippen molar-refractivity contribution in [2.45, 2.75) is 76.9 Å². The van der Waals surface area contributed by atoms with Gasteiger partial charge in [-0.3, -0.25) is 0 Å². The lowest BCUT2D eigenvalue weighted by Gasteiger charge is -2.30. The largest absolute Gasteiger partial charge is 0.388 e. The number of benzene rings is 1. The van der Waals surface area contributed by atoms with E-state index in [9.17, 15) is 5.11 Å². The fraction of sp³-hybridized carbons (Fsp3) is 0.667. The van der Waals surface area contributed by atoms with Crippen molar-refractivity contribution in [1.29, 1.82) is 0 Å². The first kappa shape index (κ1) is 16.5. The molecule has 0 radical (unpaired) electrons. The predicted molar refractivity (Wildman–Crippen MR) is 86.3 cm³/mol. The Morgan fingerprint density at radius 3 is 2.38 bits per heavy atom. The first-order valence-electron chi connectivity index (χ1n) is 7.89. The van der Waals surface area contributed by atoms with Crippen LogP contribution in [-0.4, -0.2) is 28.4 Å². The van der Waals surface area contributed by atoms with E-state index in [4.69, 9.17) is 4.74 Å². The van der Waals surface area contributed by atoms with Crippen LogP contribution in [0.2, 0.25) is 0 Å². The van der Waals surface area contributed by atoms with E-state index in [-0.39, 0.29) is 17.2 Å². The van der Waals surface area contributed by atoms with E-state index in [0.29, 0.717) is 12.5 Å². The molecule has 1 aliphatic rings. The van der Waals surface area contributed by atoms with Crippen LogP contribution in [0.5, 0.6) is 0 Å². The highest BCUT2D eigenvalue weighted by molar-refractivity contribution is 5.17. The number of aliphatic hydroxyl groups is 1. The third-order valence-electron chi connectivity index (χ3n) is 4.32. The van der Waals surface area contributed by atoms with Gasteiger partial charge in [0.15, 0.2) is 0 Å². The van der Waals surface area contributed by atoms with Gasteiger partial charge in [-0.25, -0.2) is 0 Å². The lowest BCUT2D eigenvalue weighted by Crippen LogP contribution is -2.47. The molecular formula is C18H29NO2. The maximum atomic E-state index is 10.3. The lowest BCUT2D eigenvalue weighted by molar-refractivity contribution is -0.0706. The van der Waals surface area contributed by atoms with Crippen LogP contribution in [0.3, 0.4) is 0 Å². The highest BCUT2D eigenvalue weighted by Crippen LogP contribution is 2.37. The zero-order valence-electron chi connectivity index (χ0n) is 13.9. The van der Waals surface area contributed by atoms with Crippen molar-refractivity contribution in [2.24, 2.45) is 0 Å². The van der Waals surface area contributed by atoms with Gasteiger partial charge in [0.1, 0.15) is 0 Å². The highest BCUT2D eigenvalue weighted by Gasteiger charge is 2.46. The summed E-state index contributed by atoms with van der Waals surface area (Å²) in [5, 5.41) is 14.0. The van der Waals surface area contributed by atoms with Crippen LogP contribution in [0.1, 0.15) is 59.1 Å². The van der Waals surface area contributed by atoms with E-state index in [1.165, 1.54) is 0 Å². The summed E-state index contributed by atoms with van der Waals surface area (Å²) in [4.78, 5) is 0.